The Bertz CT molecular complexity index is 602. The molecule has 1 rings (SSSR count). The lowest BCUT2D eigenvalue weighted by Crippen LogP contribution is -1.96. The van der Waals surface area contributed by atoms with Crippen LogP contribution < -0.4 is 0 Å². The quantitative estimate of drug-likeness (QED) is 0.149. The maximum Gasteiger partial charge on any atom is 0.145 e. The van der Waals surface area contributed by atoms with Gasteiger partial charge in [0.1, 0.15) is 3.14 Å². The molecule has 0 saturated heterocycles. The zero-order valence-corrected chi connectivity index (χ0v) is 22.6. The van der Waals surface area contributed by atoms with Gasteiger partial charge >= 0.3 is 0 Å². The Labute approximate surface area is 195 Å². The molecule has 160 valence electrons. The SMILES string of the molecule is CC(C)=CCCC(C)CCSc1sc(=S)sc1SCCC(C)CCC=C(C)C. The van der Waals surface area contributed by atoms with Crippen LogP contribution in [0.1, 0.15) is 80.1 Å². The molecule has 1 heterocycles. The monoisotopic (exact) mass is 474 g/mol. The van der Waals surface area contributed by atoms with E-state index in [1.54, 1.807) is 0 Å². The van der Waals surface area contributed by atoms with Gasteiger partial charge in [0.15, 0.2) is 0 Å². The second-order valence-electron chi connectivity index (χ2n) is 8.23. The molecule has 0 fully saturated rings. The van der Waals surface area contributed by atoms with Crippen LogP contribution in [0.2, 0.25) is 0 Å². The van der Waals surface area contributed by atoms with E-state index >= 15 is 0 Å². The van der Waals surface area contributed by atoms with Gasteiger partial charge in [-0.1, -0.05) is 49.4 Å². The van der Waals surface area contributed by atoms with Gasteiger partial charge in [-0.05, 0) is 89.6 Å². The molecule has 0 radical (unpaired) electrons. The smallest absolute Gasteiger partial charge is 0.113 e. The Morgan fingerprint density at radius 3 is 1.54 bits per heavy atom. The molecule has 0 aliphatic carbocycles. The molecule has 2 atom stereocenters. The minimum atomic E-state index is 0.799. The fourth-order valence-corrected chi connectivity index (χ4v) is 9.33. The molecule has 1 aromatic rings. The lowest BCUT2D eigenvalue weighted by molar-refractivity contribution is 0.525. The first-order chi connectivity index (χ1) is 13.3. The van der Waals surface area contributed by atoms with E-state index in [1.807, 2.05) is 46.2 Å². The zero-order chi connectivity index (χ0) is 20.9. The molecular formula is C23H38S5. The third-order valence-electron chi connectivity index (χ3n) is 4.63. The van der Waals surface area contributed by atoms with E-state index in [1.165, 1.54) is 69.6 Å². The highest BCUT2D eigenvalue weighted by molar-refractivity contribution is 8.05. The Hall–Kier alpha value is 0.450. The van der Waals surface area contributed by atoms with Gasteiger partial charge in [0.2, 0.25) is 0 Å². The zero-order valence-electron chi connectivity index (χ0n) is 18.5. The summed E-state index contributed by atoms with van der Waals surface area (Å²) in [5.41, 5.74) is 2.88. The third-order valence-corrected chi connectivity index (χ3v) is 10.3. The van der Waals surface area contributed by atoms with Crippen LogP contribution in [-0.4, -0.2) is 11.5 Å². The highest BCUT2D eigenvalue weighted by Gasteiger charge is 2.11. The largest absolute Gasteiger partial charge is 0.145 e. The summed E-state index contributed by atoms with van der Waals surface area (Å²) in [6.07, 6.45) is 12.4. The third kappa shape index (κ3) is 12.9. The first kappa shape index (κ1) is 26.5. The summed E-state index contributed by atoms with van der Waals surface area (Å²) in [6.45, 7) is 13.5. The normalized spacial score (nSPS) is 13.2. The van der Waals surface area contributed by atoms with Gasteiger partial charge in [-0.3, -0.25) is 0 Å². The van der Waals surface area contributed by atoms with E-state index in [-0.39, 0.29) is 0 Å². The maximum atomic E-state index is 5.49. The lowest BCUT2D eigenvalue weighted by Gasteiger charge is -2.11. The highest BCUT2D eigenvalue weighted by Crippen LogP contribution is 2.41. The van der Waals surface area contributed by atoms with E-state index in [9.17, 15) is 0 Å². The molecule has 0 nitrogen and oxygen atoms in total. The van der Waals surface area contributed by atoms with Crippen LogP contribution in [0.4, 0.5) is 0 Å². The average molecular weight is 475 g/mol. The first-order valence-electron chi connectivity index (χ1n) is 10.4. The molecule has 0 bridgehead atoms. The summed E-state index contributed by atoms with van der Waals surface area (Å²) in [6, 6.07) is 0. The van der Waals surface area contributed by atoms with Gasteiger partial charge in [-0.25, -0.2) is 0 Å². The van der Waals surface area contributed by atoms with Crippen LogP contribution >= 0.6 is 58.4 Å². The second-order valence-corrected chi connectivity index (χ2v) is 14.2. The van der Waals surface area contributed by atoms with Crippen LogP contribution in [-0.2, 0) is 0 Å². The van der Waals surface area contributed by atoms with E-state index < -0.39 is 0 Å². The van der Waals surface area contributed by atoms with E-state index in [0.717, 1.165) is 15.0 Å². The Morgan fingerprint density at radius 1 is 0.786 bits per heavy atom. The standard InChI is InChI=1S/C23H38S5/c1-17(2)9-7-11-19(5)13-15-25-21-22(28-23(24)27-21)26-16-14-20(6)12-8-10-18(3)4/h9-10,19-20H,7-8,11-16H2,1-6H3. The molecule has 1 aromatic heterocycles. The molecule has 0 spiro atoms. The van der Waals surface area contributed by atoms with Gasteiger partial charge in [-0.15, -0.1) is 46.2 Å². The molecule has 5 heteroatoms. The highest BCUT2D eigenvalue weighted by atomic mass is 32.2. The predicted molar refractivity (Wildman–Crippen MR) is 139 cm³/mol. The molecule has 0 amide bonds. The van der Waals surface area contributed by atoms with Crippen LogP contribution in [0.15, 0.2) is 31.7 Å². The summed E-state index contributed by atoms with van der Waals surface area (Å²) in [5.74, 6) is 4.02. The van der Waals surface area contributed by atoms with Crippen molar-refractivity contribution in [3.05, 3.63) is 26.4 Å². The number of hydrogen-bond donors (Lipinski definition) is 0. The first-order valence-corrected chi connectivity index (χ1v) is 14.5. The molecule has 0 aliphatic heterocycles. The number of thioether (sulfide) groups is 2. The number of allylic oxidation sites excluding steroid dienone is 4. The minimum absolute atomic E-state index is 0.799. The van der Waals surface area contributed by atoms with E-state index in [4.69, 9.17) is 12.2 Å². The molecule has 2 unspecified atom stereocenters. The molecule has 28 heavy (non-hydrogen) atoms. The van der Waals surface area contributed by atoms with Gasteiger partial charge in [-0.2, -0.15) is 0 Å². The van der Waals surface area contributed by atoms with E-state index in [0.29, 0.717) is 0 Å². The fourth-order valence-electron chi connectivity index (χ4n) is 2.74. The van der Waals surface area contributed by atoms with Crippen molar-refractivity contribution in [2.45, 2.75) is 88.5 Å². The van der Waals surface area contributed by atoms with Gasteiger partial charge in [0.25, 0.3) is 0 Å². The van der Waals surface area contributed by atoms with Crippen molar-refractivity contribution in [2.75, 3.05) is 11.5 Å². The van der Waals surface area contributed by atoms with Gasteiger partial charge in [0.05, 0.1) is 8.42 Å². The summed E-state index contributed by atoms with van der Waals surface area (Å²) in [5, 5.41) is 0. The fraction of sp³-hybridized carbons (Fsp3) is 0.696. The average Bonchev–Trinajstić information content (AvgIpc) is 2.94. The topological polar surface area (TPSA) is 0 Å². The van der Waals surface area contributed by atoms with Crippen LogP contribution in [0.25, 0.3) is 0 Å². The lowest BCUT2D eigenvalue weighted by atomic mass is 10.0. The van der Waals surface area contributed by atoms with Gasteiger partial charge in [0, 0.05) is 0 Å². The molecule has 0 aromatic carbocycles. The minimum Gasteiger partial charge on any atom is -0.113 e. The van der Waals surface area contributed by atoms with Gasteiger partial charge < -0.3 is 0 Å². The predicted octanol–water partition coefficient (Wildman–Crippen LogP) is 10.3. The van der Waals surface area contributed by atoms with Crippen molar-refractivity contribution >= 4 is 58.4 Å². The number of hydrogen-bond acceptors (Lipinski definition) is 5. The van der Waals surface area contributed by atoms with E-state index in [2.05, 4.69) is 53.7 Å². The second kappa shape index (κ2) is 15.3. The van der Waals surface area contributed by atoms with Crippen molar-refractivity contribution < 1.29 is 0 Å². The van der Waals surface area contributed by atoms with Crippen molar-refractivity contribution in [3.8, 4) is 0 Å². The summed E-state index contributed by atoms with van der Waals surface area (Å²) < 4.78 is 4.01. The number of rotatable bonds is 14. The van der Waals surface area contributed by atoms with Crippen molar-refractivity contribution in [1.29, 1.82) is 0 Å². The van der Waals surface area contributed by atoms with Crippen LogP contribution in [0.5, 0.6) is 0 Å². The molecule has 0 aliphatic rings. The summed E-state index contributed by atoms with van der Waals surface area (Å²) in [7, 11) is 0. The maximum absolute atomic E-state index is 5.49. The van der Waals surface area contributed by atoms with Crippen LogP contribution in [0, 0.1) is 15.0 Å². The van der Waals surface area contributed by atoms with Crippen molar-refractivity contribution in [1.82, 2.24) is 0 Å². The molecule has 0 saturated carbocycles. The molecular weight excluding hydrogens is 437 g/mol. The van der Waals surface area contributed by atoms with Crippen LogP contribution in [0.3, 0.4) is 0 Å². The van der Waals surface area contributed by atoms with Crippen molar-refractivity contribution in [3.63, 3.8) is 0 Å². The Kier molecular flexibility index (Phi) is 14.5. The molecule has 0 N–H and O–H groups in total. The Balaban J connectivity index is 2.34. The summed E-state index contributed by atoms with van der Waals surface area (Å²) in [4.78, 5) is 0. The summed E-state index contributed by atoms with van der Waals surface area (Å²) >= 11 is 13.2. The van der Waals surface area contributed by atoms with Crippen molar-refractivity contribution in [2.24, 2.45) is 11.8 Å². The Morgan fingerprint density at radius 2 is 1.18 bits per heavy atom.